The largest absolute Gasteiger partial charge is 0.345 e. The summed E-state index contributed by atoms with van der Waals surface area (Å²) in [4.78, 5) is 14.3. The van der Waals surface area contributed by atoms with Gasteiger partial charge in [-0.15, -0.1) is 0 Å². The first kappa shape index (κ1) is 13.1. The van der Waals surface area contributed by atoms with Gasteiger partial charge in [0.05, 0.1) is 12.1 Å². The molecular formula is C14H23N3O. The number of rotatable bonds is 2. The Morgan fingerprint density at radius 2 is 2.06 bits per heavy atom. The first-order chi connectivity index (χ1) is 8.43. The number of aryl methyl sites for hydroxylation is 1. The van der Waals surface area contributed by atoms with Crippen LogP contribution in [0.15, 0.2) is 12.1 Å². The molecule has 1 aliphatic heterocycles. The Morgan fingerprint density at radius 3 is 2.67 bits per heavy atom. The molecule has 0 saturated carbocycles. The number of amides is 1. The van der Waals surface area contributed by atoms with E-state index < -0.39 is 6.04 Å². The molecule has 2 heterocycles. The summed E-state index contributed by atoms with van der Waals surface area (Å²) in [7, 11) is 0. The van der Waals surface area contributed by atoms with Crippen molar-refractivity contribution in [2.45, 2.75) is 46.3 Å². The summed E-state index contributed by atoms with van der Waals surface area (Å²) in [5, 5.41) is 0. The van der Waals surface area contributed by atoms with E-state index in [-0.39, 0.29) is 17.9 Å². The highest BCUT2D eigenvalue weighted by molar-refractivity contribution is 5.82. The molecule has 0 spiro atoms. The highest BCUT2D eigenvalue weighted by atomic mass is 16.2. The van der Waals surface area contributed by atoms with Crippen LogP contribution in [-0.4, -0.2) is 28.0 Å². The number of nitrogens with zero attached hydrogens (tertiary/aromatic N) is 2. The molecule has 18 heavy (non-hydrogen) atoms. The summed E-state index contributed by atoms with van der Waals surface area (Å²) < 4.78 is 2.29. The molecule has 4 heteroatoms. The molecule has 2 rings (SSSR count). The maximum atomic E-state index is 12.4. The van der Waals surface area contributed by atoms with Gasteiger partial charge in [0.2, 0.25) is 5.91 Å². The van der Waals surface area contributed by atoms with Crippen LogP contribution in [0.2, 0.25) is 0 Å². The lowest BCUT2D eigenvalue weighted by Gasteiger charge is -2.37. The Kier molecular flexibility index (Phi) is 3.48. The van der Waals surface area contributed by atoms with E-state index in [1.165, 1.54) is 11.4 Å². The third-order valence-corrected chi connectivity index (χ3v) is 3.98. The molecule has 1 amide bonds. The Morgan fingerprint density at radius 1 is 1.39 bits per heavy atom. The second-order valence-electron chi connectivity index (χ2n) is 5.53. The Bertz CT molecular complexity index is 450. The van der Waals surface area contributed by atoms with E-state index in [4.69, 9.17) is 5.73 Å². The van der Waals surface area contributed by atoms with Crippen LogP contribution in [0.25, 0.3) is 0 Å². The van der Waals surface area contributed by atoms with Crippen molar-refractivity contribution in [2.75, 3.05) is 6.54 Å². The van der Waals surface area contributed by atoms with E-state index in [1.54, 1.807) is 0 Å². The Labute approximate surface area is 109 Å². The van der Waals surface area contributed by atoms with Crippen LogP contribution in [0.3, 0.4) is 0 Å². The van der Waals surface area contributed by atoms with Gasteiger partial charge in [0, 0.05) is 24.5 Å². The van der Waals surface area contributed by atoms with Gasteiger partial charge in [-0.1, -0.05) is 13.8 Å². The maximum Gasteiger partial charge on any atom is 0.240 e. The summed E-state index contributed by atoms with van der Waals surface area (Å²) in [6.07, 6.45) is 0. The molecule has 0 fully saturated rings. The standard InChI is InChI=1S/C14H23N3O/c1-9(2)13(15)14(18)17-8-7-16-10(3)5-6-12(16)11(17)4/h5-6,9,11,13H,7-8,15H2,1-4H3/t11?,13-/m0/s1. The van der Waals surface area contributed by atoms with Gasteiger partial charge in [-0.05, 0) is 31.9 Å². The first-order valence-electron chi connectivity index (χ1n) is 6.65. The molecule has 1 unspecified atom stereocenters. The molecule has 1 aromatic heterocycles. The van der Waals surface area contributed by atoms with Crippen molar-refractivity contribution in [2.24, 2.45) is 11.7 Å². The average Bonchev–Trinajstić information content (AvgIpc) is 2.71. The van der Waals surface area contributed by atoms with Crippen molar-refractivity contribution in [3.05, 3.63) is 23.5 Å². The predicted molar refractivity (Wildman–Crippen MR) is 72.1 cm³/mol. The van der Waals surface area contributed by atoms with Gasteiger partial charge in [-0.2, -0.15) is 0 Å². The molecule has 0 saturated heterocycles. The Hall–Kier alpha value is -1.29. The van der Waals surface area contributed by atoms with Crippen LogP contribution in [0, 0.1) is 12.8 Å². The second-order valence-corrected chi connectivity index (χ2v) is 5.53. The zero-order valence-electron chi connectivity index (χ0n) is 11.7. The van der Waals surface area contributed by atoms with Crippen molar-refractivity contribution in [3.8, 4) is 0 Å². The van der Waals surface area contributed by atoms with Crippen LogP contribution in [0.4, 0.5) is 0 Å². The van der Waals surface area contributed by atoms with Crippen molar-refractivity contribution in [1.82, 2.24) is 9.47 Å². The van der Waals surface area contributed by atoms with E-state index in [2.05, 4.69) is 30.5 Å². The molecule has 0 aromatic carbocycles. The highest BCUT2D eigenvalue weighted by Gasteiger charge is 2.31. The summed E-state index contributed by atoms with van der Waals surface area (Å²) in [5.74, 6) is 0.253. The first-order valence-corrected chi connectivity index (χ1v) is 6.65. The van der Waals surface area contributed by atoms with Gasteiger partial charge in [0.1, 0.15) is 0 Å². The molecule has 1 aromatic rings. The van der Waals surface area contributed by atoms with Crippen LogP contribution >= 0.6 is 0 Å². The quantitative estimate of drug-likeness (QED) is 0.867. The number of aromatic nitrogens is 1. The van der Waals surface area contributed by atoms with Crippen molar-refractivity contribution >= 4 is 5.91 Å². The minimum Gasteiger partial charge on any atom is -0.345 e. The third-order valence-electron chi connectivity index (χ3n) is 3.98. The molecule has 0 aliphatic carbocycles. The minimum atomic E-state index is -0.393. The fraction of sp³-hybridized carbons (Fsp3) is 0.643. The molecule has 4 nitrogen and oxygen atoms in total. The van der Waals surface area contributed by atoms with Gasteiger partial charge < -0.3 is 15.2 Å². The van der Waals surface area contributed by atoms with Crippen LogP contribution < -0.4 is 5.73 Å². The Balaban J connectivity index is 2.21. The van der Waals surface area contributed by atoms with Gasteiger partial charge in [0.25, 0.3) is 0 Å². The van der Waals surface area contributed by atoms with Gasteiger partial charge in [0.15, 0.2) is 0 Å². The fourth-order valence-corrected chi connectivity index (χ4v) is 2.60. The summed E-state index contributed by atoms with van der Waals surface area (Å²) >= 11 is 0. The number of hydrogen-bond acceptors (Lipinski definition) is 2. The third kappa shape index (κ3) is 2.05. The minimum absolute atomic E-state index is 0.0719. The summed E-state index contributed by atoms with van der Waals surface area (Å²) in [5.41, 5.74) is 8.45. The van der Waals surface area contributed by atoms with Gasteiger partial charge in [-0.25, -0.2) is 0 Å². The van der Waals surface area contributed by atoms with E-state index >= 15 is 0 Å². The number of carbonyl (C=O) groups excluding carboxylic acids is 1. The molecule has 0 radical (unpaired) electrons. The smallest absolute Gasteiger partial charge is 0.240 e. The zero-order valence-corrected chi connectivity index (χ0v) is 11.7. The van der Waals surface area contributed by atoms with Gasteiger partial charge in [-0.3, -0.25) is 4.79 Å². The molecular weight excluding hydrogens is 226 g/mol. The summed E-state index contributed by atoms with van der Waals surface area (Å²) in [6.45, 7) is 9.79. The number of hydrogen-bond donors (Lipinski definition) is 1. The average molecular weight is 249 g/mol. The molecule has 0 bridgehead atoms. The van der Waals surface area contributed by atoms with Crippen LogP contribution in [0.1, 0.15) is 38.2 Å². The molecule has 2 atom stereocenters. The monoisotopic (exact) mass is 249 g/mol. The topological polar surface area (TPSA) is 51.3 Å². The van der Waals surface area contributed by atoms with E-state index in [0.29, 0.717) is 0 Å². The predicted octanol–water partition coefficient (Wildman–Crippen LogP) is 1.68. The van der Waals surface area contributed by atoms with E-state index in [0.717, 1.165) is 13.1 Å². The number of nitrogens with two attached hydrogens (primary N) is 1. The van der Waals surface area contributed by atoms with Crippen molar-refractivity contribution in [1.29, 1.82) is 0 Å². The summed E-state index contributed by atoms with van der Waals surface area (Å²) in [6, 6.07) is 3.95. The van der Waals surface area contributed by atoms with Crippen LogP contribution in [-0.2, 0) is 11.3 Å². The van der Waals surface area contributed by atoms with E-state index in [9.17, 15) is 4.79 Å². The lowest BCUT2D eigenvalue weighted by atomic mass is 10.0. The lowest BCUT2D eigenvalue weighted by Crippen LogP contribution is -2.50. The SMILES string of the molecule is Cc1ccc2n1CCN(C(=O)[C@@H](N)C(C)C)C2C. The second kappa shape index (κ2) is 4.76. The van der Waals surface area contributed by atoms with Gasteiger partial charge >= 0.3 is 0 Å². The molecule has 2 N–H and O–H groups in total. The van der Waals surface area contributed by atoms with Crippen molar-refractivity contribution < 1.29 is 4.79 Å². The zero-order chi connectivity index (χ0) is 13.4. The lowest BCUT2D eigenvalue weighted by molar-refractivity contribution is -0.136. The van der Waals surface area contributed by atoms with Crippen molar-refractivity contribution in [3.63, 3.8) is 0 Å². The molecule has 100 valence electrons. The fourth-order valence-electron chi connectivity index (χ4n) is 2.60. The number of fused-ring (bicyclic) bond motifs is 1. The molecule has 1 aliphatic rings. The van der Waals surface area contributed by atoms with Crippen LogP contribution in [0.5, 0.6) is 0 Å². The van der Waals surface area contributed by atoms with E-state index in [1.807, 2.05) is 18.7 Å². The number of carbonyl (C=O) groups is 1. The highest BCUT2D eigenvalue weighted by Crippen LogP contribution is 2.27. The maximum absolute atomic E-state index is 12.4. The normalized spacial score (nSPS) is 21.0.